The van der Waals surface area contributed by atoms with Gasteiger partial charge in [0.1, 0.15) is 13.2 Å². The van der Waals surface area contributed by atoms with E-state index >= 15 is 0 Å². The third-order valence-electron chi connectivity index (χ3n) is 8.90. The quantitative estimate of drug-likeness (QED) is 0.0203. The second-order valence-corrected chi connectivity index (χ2v) is 14.4. The second-order valence-electron chi connectivity index (χ2n) is 14.4. The van der Waals surface area contributed by atoms with E-state index in [-0.39, 0.29) is 38.0 Å². The lowest BCUT2D eigenvalue weighted by molar-refractivity contribution is -0.167. The van der Waals surface area contributed by atoms with Gasteiger partial charge in [-0.2, -0.15) is 0 Å². The Bertz CT molecular complexity index is 1290. The fourth-order valence-corrected chi connectivity index (χ4v) is 5.53. The van der Waals surface area contributed by atoms with Gasteiger partial charge in [0.25, 0.3) is 0 Å². The summed E-state index contributed by atoms with van der Waals surface area (Å²) in [6.07, 6.45) is 61.9. The summed E-state index contributed by atoms with van der Waals surface area (Å²) in [6.45, 7) is 6.20. The average Bonchev–Trinajstić information content (AvgIpc) is 3.22. The molecule has 0 N–H and O–H groups in total. The van der Waals surface area contributed by atoms with Crippen LogP contribution in [0, 0.1) is 0 Å². The molecule has 0 rings (SSSR count). The van der Waals surface area contributed by atoms with E-state index in [2.05, 4.69) is 51.2 Å². The zero-order chi connectivity index (χ0) is 42.3. The number of carbonyl (C=O) groups excluding carboxylic acids is 3. The van der Waals surface area contributed by atoms with Gasteiger partial charge in [-0.15, -0.1) is 0 Å². The highest BCUT2D eigenvalue weighted by atomic mass is 16.6. The number of ether oxygens (including phenoxy) is 3. The Hall–Kier alpha value is -4.19. The lowest BCUT2D eigenvalue weighted by atomic mass is 10.1. The molecule has 0 heterocycles. The van der Waals surface area contributed by atoms with Gasteiger partial charge >= 0.3 is 17.9 Å². The lowest BCUT2D eigenvalue weighted by Gasteiger charge is -2.18. The molecule has 0 aliphatic rings. The van der Waals surface area contributed by atoms with Crippen LogP contribution in [0.3, 0.4) is 0 Å². The molecule has 0 aromatic heterocycles. The van der Waals surface area contributed by atoms with Crippen molar-refractivity contribution in [1.82, 2.24) is 0 Å². The van der Waals surface area contributed by atoms with Crippen molar-refractivity contribution in [2.24, 2.45) is 0 Å². The monoisotopic (exact) mass is 801 g/mol. The first kappa shape index (κ1) is 53.8. The molecule has 0 aliphatic carbocycles. The third-order valence-corrected chi connectivity index (χ3v) is 8.90. The van der Waals surface area contributed by atoms with Crippen LogP contribution < -0.4 is 0 Å². The summed E-state index contributed by atoms with van der Waals surface area (Å²) >= 11 is 0. The molecular weight excluding hydrogens is 721 g/mol. The number of rotatable bonds is 38. The second kappa shape index (κ2) is 45.5. The fourth-order valence-electron chi connectivity index (χ4n) is 5.53. The van der Waals surface area contributed by atoms with Crippen LogP contribution in [0.2, 0.25) is 0 Å². The maximum Gasteiger partial charge on any atom is 0.306 e. The molecule has 1 atom stereocenters. The SMILES string of the molecule is CC\C=C/C=C\C=C/C=C\C=C/CCCC(=O)OC(COC(=O)CCCCC\C=C/C=C\C=C/C=C\CC)COC(=O)CCCCC/C=C\CCCCCCCCC. The van der Waals surface area contributed by atoms with E-state index in [1.807, 2.05) is 91.1 Å². The van der Waals surface area contributed by atoms with E-state index < -0.39 is 12.1 Å². The van der Waals surface area contributed by atoms with Crippen LogP contribution in [0.25, 0.3) is 0 Å². The largest absolute Gasteiger partial charge is 0.462 e. The summed E-state index contributed by atoms with van der Waals surface area (Å²) in [5, 5.41) is 0. The van der Waals surface area contributed by atoms with Gasteiger partial charge < -0.3 is 14.2 Å². The van der Waals surface area contributed by atoms with Crippen molar-refractivity contribution in [2.45, 2.75) is 175 Å². The van der Waals surface area contributed by atoms with Crippen LogP contribution in [0.4, 0.5) is 0 Å². The fraction of sp³-hybridized carbons (Fsp3) is 0.558. The maximum atomic E-state index is 12.7. The first-order valence-corrected chi connectivity index (χ1v) is 22.7. The van der Waals surface area contributed by atoms with Gasteiger partial charge in [-0.05, 0) is 77.0 Å². The normalized spacial score (nSPS) is 13.2. The topological polar surface area (TPSA) is 78.9 Å². The van der Waals surface area contributed by atoms with Crippen molar-refractivity contribution in [1.29, 1.82) is 0 Å². The zero-order valence-electron chi connectivity index (χ0n) is 36.8. The highest BCUT2D eigenvalue weighted by Crippen LogP contribution is 2.11. The molecule has 324 valence electrons. The van der Waals surface area contributed by atoms with Crippen molar-refractivity contribution < 1.29 is 28.6 Å². The lowest BCUT2D eigenvalue weighted by Crippen LogP contribution is -2.30. The first-order chi connectivity index (χ1) is 28.5. The Morgan fingerprint density at radius 3 is 1.16 bits per heavy atom. The predicted octanol–water partition coefficient (Wildman–Crippen LogP) is 14.6. The van der Waals surface area contributed by atoms with Gasteiger partial charge in [-0.25, -0.2) is 0 Å². The smallest absolute Gasteiger partial charge is 0.306 e. The van der Waals surface area contributed by atoms with Gasteiger partial charge in [0.2, 0.25) is 0 Å². The van der Waals surface area contributed by atoms with Crippen molar-refractivity contribution in [2.75, 3.05) is 13.2 Å². The molecule has 0 aromatic rings. The van der Waals surface area contributed by atoms with Crippen LogP contribution in [0.15, 0.2) is 122 Å². The molecule has 6 heteroatoms. The van der Waals surface area contributed by atoms with Gasteiger partial charge in [0.05, 0.1) is 0 Å². The molecule has 0 aromatic carbocycles. The van der Waals surface area contributed by atoms with E-state index in [1.54, 1.807) is 0 Å². The van der Waals surface area contributed by atoms with Crippen LogP contribution >= 0.6 is 0 Å². The summed E-state index contributed by atoms with van der Waals surface area (Å²) in [5.74, 6) is -1.08. The molecule has 0 saturated heterocycles. The Morgan fingerprint density at radius 2 is 0.707 bits per heavy atom. The molecule has 6 nitrogen and oxygen atoms in total. The van der Waals surface area contributed by atoms with E-state index in [4.69, 9.17) is 14.2 Å². The van der Waals surface area contributed by atoms with Crippen molar-refractivity contribution in [3.05, 3.63) is 122 Å². The molecule has 0 radical (unpaired) electrons. The summed E-state index contributed by atoms with van der Waals surface area (Å²) < 4.78 is 16.6. The molecule has 0 aliphatic heterocycles. The van der Waals surface area contributed by atoms with Crippen LogP contribution in [-0.4, -0.2) is 37.2 Å². The average molecular weight is 801 g/mol. The zero-order valence-corrected chi connectivity index (χ0v) is 36.8. The minimum Gasteiger partial charge on any atom is -0.462 e. The standard InChI is InChI=1S/C52H80O6/c1-4-7-10-13-16-19-22-25-28-30-33-36-39-42-45-51(54)57-48-49(58-52(55)46-43-40-37-34-31-27-24-21-18-15-12-9-6-3)47-56-50(53)44-41-38-35-32-29-26-23-20-17-14-11-8-5-2/h8-9,11-12,14-15,17-18,20-21,23-24,26-31,34,37,49H,4-7,10,13,16,19,22,25,32-33,35-36,38-48H2,1-3H3/b11-8-,12-9-,17-14-,18-15-,23-20-,24-21-,29-26-,30-28-,31-27-,37-34-. The molecule has 0 saturated carbocycles. The highest BCUT2D eigenvalue weighted by molar-refractivity contribution is 5.71. The molecule has 0 spiro atoms. The molecule has 1 unspecified atom stereocenters. The minimum absolute atomic E-state index is 0.131. The van der Waals surface area contributed by atoms with E-state index in [1.165, 1.54) is 44.9 Å². The predicted molar refractivity (Wildman–Crippen MR) is 246 cm³/mol. The number of esters is 3. The minimum atomic E-state index is -0.839. The van der Waals surface area contributed by atoms with Crippen molar-refractivity contribution >= 4 is 17.9 Å². The van der Waals surface area contributed by atoms with Gasteiger partial charge in [0, 0.05) is 19.3 Å². The Morgan fingerprint density at radius 1 is 0.362 bits per heavy atom. The number of hydrogen-bond donors (Lipinski definition) is 0. The maximum absolute atomic E-state index is 12.7. The molecular formula is C52H80O6. The summed E-state index contributed by atoms with van der Waals surface area (Å²) in [7, 11) is 0. The number of hydrogen-bond acceptors (Lipinski definition) is 6. The molecule has 58 heavy (non-hydrogen) atoms. The van der Waals surface area contributed by atoms with Crippen LogP contribution in [-0.2, 0) is 28.6 Å². The van der Waals surface area contributed by atoms with Crippen molar-refractivity contribution in [3.8, 4) is 0 Å². The summed E-state index contributed by atoms with van der Waals surface area (Å²) in [6, 6.07) is 0. The third kappa shape index (κ3) is 42.9. The van der Waals surface area contributed by atoms with Crippen molar-refractivity contribution in [3.63, 3.8) is 0 Å². The first-order valence-electron chi connectivity index (χ1n) is 22.7. The number of carbonyl (C=O) groups is 3. The van der Waals surface area contributed by atoms with E-state index in [0.29, 0.717) is 12.8 Å². The van der Waals surface area contributed by atoms with Gasteiger partial charge in [-0.1, -0.05) is 194 Å². The summed E-state index contributed by atoms with van der Waals surface area (Å²) in [5.41, 5.74) is 0. The number of unbranched alkanes of at least 4 members (excludes halogenated alkanes) is 14. The highest BCUT2D eigenvalue weighted by Gasteiger charge is 2.19. The molecule has 0 fully saturated rings. The number of allylic oxidation sites excluding steroid dienone is 20. The summed E-state index contributed by atoms with van der Waals surface area (Å²) in [4.78, 5) is 37.7. The van der Waals surface area contributed by atoms with Gasteiger partial charge in [0.15, 0.2) is 6.10 Å². The van der Waals surface area contributed by atoms with E-state index in [0.717, 1.165) is 77.0 Å². The van der Waals surface area contributed by atoms with Crippen LogP contribution in [0.5, 0.6) is 0 Å². The Kier molecular flexibility index (Phi) is 42.2. The Labute approximate surface area is 354 Å². The molecule has 0 amide bonds. The Balaban J connectivity index is 4.61. The van der Waals surface area contributed by atoms with Crippen LogP contribution in [0.1, 0.15) is 168 Å². The molecule has 0 bridgehead atoms. The van der Waals surface area contributed by atoms with Gasteiger partial charge in [-0.3, -0.25) is 14.4 Å². The van der Waals surface area contributed by atoms with E-state index in [9.17, 15) is 14.4 Å².